The molecule has 0 amide bonds. The maximum Gasteiger partial charge on any atom is 0.255 e. The Morgan fingerprint density at radius 3 is 2.53 bits per heavy atom. The molecule has 1 unspecified atom stereocenters. The van der Waals surface area contributed by atoms with Crippen LogP contribution < -0.4 is 10.6 Å². The lowest BCUT2D eigenvalue weighted by Crippen LogP contribution is -2.26. The molecular weight excluding hydrogens is 222 g/mol. The molecule has 0 saturated carbocycles. The molecule has 1 atom stereocenters. The summed E-state index contributed by atoms with van der Waals surface area (Å²) in [5.41, 5.74) is 8.77. The van der Waals surface area contributed by atoms with E-state index in [0.717, 1.165) is 16.8 Å². The molecule has 0 saturated heterocycles. The predicted molar refractivity (Wildman–Crippen MR) is 67.8 cm³/mol. The number of anilines is 1. The molecule has 17 heavy (non-hydrogen) atoms. The van der Waals surface area contributed by atoms with Crippen molar-refractivity contribution >= 4 is 5.69 Å². The van der Waals surface area contributed by atoms with Gasteiger partial charge in [0.2, 0.25) is 0 Å². The minimum absolute atomic E-state index is 0.0236. The molecule has 0 radical (unpaired) electrons. The molecule has 1 aromatic rings. The van der Waals surface area contributed by atoms with Gasteiger partial charge in [-0.15, -0.1) is 0 Å². The highest BCUT2D eigenvalue weighted by Gasteiger charge is 2.13. The molecule has 4 heteroatoms. The van der Waals surface area contributed by atoms with E-state index in [1.807, 2.05) is 32.0 Å². The van der Waals surface area contributed by atoms with E-state index in [1.165, 1.54) is 0 Å². The molecule has 0 aliphatic rings. The molecule has 0 aromatic heterocycles. The van der Waals surface area contributed by atoms with Crippen molar-refractivity contribution in [1.29, 1.82) is 0 Å². The average Bonchev–Trinajstić information content (AvgIpc) is 2.15. The van der Waals surface area contributed by atoms with Gasteiger partial charge in [0, 0.05) is 18.8 Å². The highest BCUT2D eigenvalue weighted by molar-refractivity contribution is 5.54. The summed E-state index contributed by atoms with van der Waals surface area (Å²) in [4.78, 5) is 1.59. The fourth-order valence-electron chi connectivity index (χ4n) is 1.90. The minimum Gasteiger partial charge on any atom is -0.369 e. The zero-order valence-electron chi connectivity index (χ0n) is 10.6. The van der Waals surface area contributed by atoms with Gasteiger partial charge in [-0.25, -0.2) is 8.78 Å². The molecule has 0 aliphatic heterocycles. The van der Waals surface area contributed by atoms with Gasteiger partial charge in [0.25, 0.3) is 6.43 Å². The molecule has 1 rings (SSSR count). The number of benzene rings is 1. The first-order valence-corrected chi connectivity index (χ1v) is 5.74. The molecule has 2 nitrogen and oxygen atoms in total. The molecule has 0 fully saturated rings. The number of hydrogen-bond acceptors (Lipinski definition) is 2. The molecule has 0 aliphatic carbocycles. The van der Waals surface area contributed by atoms with Crippen molar-refractivity contribution in [2.45, 2.75) is 32.7 Å². The SMILES string of the molecule is Cc1ccc(N(C)CC(F)F)c(CC(C)N)c1. The average molecular weight is 242 g/mol. The van der Waals surface area contributed by atoms with Crippen LogP contribution in [0.3, 0.4) is 0 Å². The third-order valence-electron chi connectivity index (χ3n) is 2.60. The second-order valence-electron chi connectivity index (χ2n) is 4.59. The van der Waals surface area contributed by atoms with Gasteiger partial charge in [0.05, 0.1) is 6.54 Å². The van der Waals surface area contributed by atoms with Gasteiger partial charge < -0.3 is 10.6 Å². The Morgan fingerprint density at radius 1 is 1.35 bits per heavy atom. The summed E-state index contributed by atoms with van der Waals surface area (Å²) in [6.45, 7) is 3.65. The Balaban J connectivity index is 2.96. The smallest absolute Gasteiger partial charge is 0.255 e. The van der Waals surface area contributed by atoms with Gasteiger partial charge in [-0.05, 0) is 31.9 Å². The monoisotopic (exact) mass is 242 g/mol. The van der Waals surface area contributed by atoms with Crippen molar-refractivity contribution in [3.8, 4) is 0 Å². The third-order valence-corrected chi connectivity index (χ3v) is 2.60. The van der Waals surface area contributed by atoms with E-state index in [1.54, 1.807) is 11.9 Å². The molecule has 2 N–H and O–H groups in total. The first kappa shape index (κ1) is 13.9. The second kappa shape index (κ2) is 5.96. The van der Waals surface area contributed by atoms with Crippen molar-refractivity contribution in [3.05, 3.63) is 29.3 Å². The lowest BCUT2D eigenvalue weighted by atomic mass is 10.0. The van der Waals surface area contributed by atoms with E-state index in [-0.39, 0.29) is 12.6 Å². The second-order valence-corrected chi connectivity index (χ2v) is 4.59. The van der Waals surface area contributed by atoms with E-state index < -0.39 is 6.43 Å². The normalized spacial score (nSPS) is 12.9. The fraction of sp³-hybridized carbons (Fsp3) is 0.538. The van der Waals surface area contributed by atoms with Crippen molar-refractivity contribution in [1.82, 2.24) is 0 Å². The maximum atomic E-state index is 12.4. The lowest BCUT2D eigenvalue weighted by Gasteiger charge is -2.23. The van der Waals surface area contributed by atoms with Crippen molar-refractivity contribution in [3.63, 3.8) is 0 Å². The van der Waals surface area contributed by atoms with Crippen LogP contribution in [0.4, 0.5) is 14.5 Å². The maximum absolute atomic E-state index is 12.4. The molecule has 0 spiro atoms. The Morgan fingerprint density at radius 2 is 2.00 bits per heavy atom. The number of nitrogens with two attached hydrogens (primary N) is 1. The molecule has 0 heterocycles. The van der Waals surface area contributed by atoms with Crippen molar-refractivity contribution < 1.29 is 8.78 Å². The van der Waals surface area contributed by atoms with Crippen LogP contribution in [0.1, 0.15) is 18.1 Å². The summed E-state index contributed by atoms with van der Waals surface area (Å²) in [6.07, 6.45) is -1.63. The Hall–Kier alpha value is -1.16. The van der Waals surface area contributed by atoms with Crippen LogP contribution in [0.2, 0.25) is 0 Å². The molecule has 1 aromatic carbocycles. The third kappa shape index (κ3) is 4.30. The van der Waals surface area contributed by atoms with Crippen LogP contribution in [0.5, 0.6) is 0 Å². The molecule has 96 valence electrons. The quantitative estimate of drug-likeness (QED) is 0.860. The Kier molecular flexibility index (Phi) is 4.87. The summed E-state index contributed by atoms with van der Waals surface area (Å²) in [7, 11) is 1.68. The lowest BCUT2D eigenvalue weighted by molar-refractivity contribution is 0.156. The van der Waals surface area contributed by atoms with Gasteiger partial charge in [0.15, 0.2) is 0 Å². The number of nitrogens with zero attached hydrogens (tertiary/aromatic N) is 1. The van der Waals surface area contributed by atoms with E-state index in [4.69, 9.17) is 5.73 Å². The van der Waals surface area contributed by atoms with Crippen molar-refractivity contribution in [2.75, 3.05) is 18.5 Å². The summed E-state index contributed by atoms with van der Waals surface area (Å²) in [5, 5.41) is 0. The summed E-state index contributed by atoms with van der Waals surface area (Å²) < 4.78 is 24.8. The first-order valence-electron chi connectivity index (χ1n) is 5.74. The molecular formula is C13H20F2N2. The zero-order valence-corrected chi connectivity index (χ0v) is 10.6. The van der Waals surface area contributed by atoms with Gasteiger partial charge in [0.1, 0.15) is 0 Å². The van der Waals surface area contributed by atoms with Crippen LogP contribution >= 0.6 is 0 Å². The van der Waals surface area contributed by atoms with Crippen LogP contribution in [0, 0.1) is 6.92 Å². The van der Waals surface area contributed by atoms with Crippen LogP contribution in [-0.4, -0.2) is 26.1 Å². The number of alkyl halides is 2. The molecule has 0 bridgehead atoms. The number of aryl methyl sites for hydroxylation is 1. The number of hydrogen-bond donors (Lipinski definition) is 1. The number of halogens is 2. The van der Waals surface area contributed by atoms with Crippen LogP contribution in [-0.2, 0) is 6.42 Å². The largest absolute Gasteiger partial charge is 0.369 e. The van der Waals surface area contributed by atoms with E-state index in [0.29, 0.717) is 6.42 Å². The summed E-state index contributed by atoms with van der Waals surface area (Å²) >= 11 is 0. The van der Waals surface area contributed by atoms with E-state index in [2.05, 4.69) is 0 Å². The van der Waals surface area contributed by atoms with E-state index >= 15 is 0 Å². The summed E-state index contributed by atoms with van der Waals surface area (Å²) in [5.74, 6) is 0. The fourth-order valence-corrected chi connectivity index (χ4v) is 1.90. The minimum atomic E-state index is -2.33. The Labute approximate surface area is 101 Å². The van der Waals surface area contributed by atoms with Gasteiger partial charge >= 0.3 is 0 Å². The zero-order chi connectivity index (χ0) is 13.0. The number of rotatable bonds is 5. The van der Waals surface area contributed by atoms with Gasteiger partial charge in [-0.3, -0.25) is 0 Å². The highest BCUT2D eigenvalue weighted by atomic mass is 19.3. The summed E-state index contributed by atoms with van der Waals surface area (Å²) in [6, 6.07) is 5.86. The van der Waals surface area contributed by atoms with Gasteiger partial charge in [-0.1, -0.05) is 17.7 Å². The van der Waals surface area contributed by atoms with Gasteiger partial charge in [-0.2, -0.15) is 0 Å². The van der Waals surface area contributed by atoms with Crippen LogP contribution in [0.15, 0.2) is 18.2 Å². The standard InChI is InChI=1S/C13H20F2N2/c1-9-4-5-12(17(3)8-13(14)15)11(6-9)7-10(2)16/h4-6,10,13H,7-8,16H2,1-3H3. The topological polar surface area (TPSA) is 29.3 Å². The van der Waals surface area contributed by atoms with Crippen LogP contribution in [0.25, 0.3) is 0 Å². The predicted octanol–water partition coefficient (Wildman–Crippen LogP) is 2.59. The van der Waals surface area contributed by atoms with E-state index in [9.17, 15) is 8.78 Å². The Bertz CT molecular complexity index is 364. The first-order chi connectivity index (χ1) is 7.90. The van der Waals surface area contributed by atoms with Crippen molar-refractivity contribution in [2.24, 2.45) is 5.73 Å². The highest BCUT2D eigenvalue weighted by Crippen LogP contribution is 2.22.